The lowest BCUT2D eigenvalue weighted by atomic mass is 10.2. The van der Waals surface area contributed by atoms with Crippen LogP contribution in [0, 0.1) is 0 Å². The summed E-state index contributed by atoms with van der Waals surface area (Å²) in [5.74, 6) is 4.88. The van der Waals surface area contributed by atoms with Crippen molar-refractivity contribution in [3.05, 3.63) is 21.9 Å². The highest BCUT2D eigenvalue weighted by Crippen LogP contribution is 2.22. The van der Waals surface area contributed by atoms with Crippen LogP contribution in [-0.2, 0) is 16.6 Å². The van der Waals surface area contributed by atoms with Crippen LogP contribution in [0.4, 0.5) is 0 Å². The molecule has 1 amide bonds. The molecular weight excluding hydrogens is 262 g/mol. The summed E-state index contributed by atoms with van der Waals surface area (Å²) in [7, 11) is -3.14. The van der Waals surface area contributed by atoms with Crippen molar-refractivity contribution >= 4 is 27.3 Å². The van der Waals surface area contributed by atoms with Gasteiger partial charge in [-0.1, -0.05) is 0 Å². The van der Waals surface area contributed by atoms with Gasteiger partial charge in [0.15, 0.2) is 0 Å². The third-order valence-electron chi connectivity index (χ3n) is 2.63. The number of nitrogens with two attached hydrogens (primary N) is 1. The minimum absolute atomic E-state index is 0.190. The lowest BCUT2D eigenvalue weighted by molar-refractivity contribution is 0.0956. The summed E-state index contributed by atoms with van der Waals surface area (Å²) < 4.78 is 24.7. The number of hydrazine groups is 1. The summed E-state index contributed by atoms with van der Waals surface area (Å²) in [6.07, 6.45) is 0.644. The van der Waals surface area contributed by atoms with Crippen molar-refractivity contribution in [3.63, 3.8) is 0 Å². The number of carbonyl (C=O) groups excluding carboxylic acids is 1. The Morgan fingerprint density at radius 3 is 2.94 bits per heavy atom. The van der Waals surface area contributed by atoms with Gasteiger partial charge in [0.2, 0.25) is 10.0 Å². The maximum Gasteiger partial charge on any atom is 0.275 e. The second kappa shape index (κ2) is 4.73. The first-order chi connectivity index (χ1) is 8.04. The van der Waals surface area contributed by atoms with Gasteiger partial charge in [0.1, 0.15) is 0 Å². The van der Waals surface area contributed by atoms with E-state index in [2.05, 4.69) is 5.43 Å². The first-order valence-corrected chi connectivity index (χ1v) is 7.58. The average Bonchev–Trinajstić information content (AvgIpc) is 2.86. The van der Waals surface area contributed by atoms with E-state index >= 15 is 0 Å². The van der Waals surface area contributed by atoms with E-state index in [1.54, 1.807) is 11.4 Å². The lowest BCUT2D eigenvalue weighted by Gasteiger charge is -2.14. The predicted molar refractivity (Wildman–Crippen MR) is 64.8 cm³/mol. The predicted octanol–water partition coefficient (Wildman–Crippen LogP) is -0.113. The first kappa shape index (κ1) is 12.5. The van der Waals surface area contributed by atoms with Gasteiger partial charge in [-0.3, -0.25) is 10.2 Å². The Kier molecular flexibility index (Phi) is 3.48. The molecule has 2 rings (SSSR count). The first-order valence-electron chi connectivity index (χ1n) is 5.10. The van der Waals surface area contributed by atoms with Crippen LogP contribution in [0.3, 0.4) is 0 Å². The Morgan fingerprint density at radius 2 is 2.35 bits per heavy atom. The van der Waals surface area contributed by atoms with E-state index in [9.17, 15) is 13.2 Å². The second-order valence-corrected chi connectivity index (χ2v) is 6.76. The van der Waals surface area contributed by atoms with Crippen molar-refractivity contribution in [3.8, 4) is 0 Å². The molecule has 1 aromatic heterocycles. The van der Waals surface area contributed by atoms with Gasteiger partial charge in [-0.15, -0.1) is 11.3 Å². The van der Waals surface area contributed by atoms with Gasteiger partial charge >= 0.3 is 0 Å². The summed E-state index contributed by atoms with van der Waals surface area (Å²) in [6.45, 7) is 0.760. The zero-order valence-electron chi connectivity index (χ0n) is 9.05. The van der Waals surface area contributed by atoms with Gasteiger partial charge in [0.25, 0.3) is 5.91 Å². The molecule has 0 aromatic carbocycles. The van der Waals surface area contributed by atoms with Crippen LogP contribution in [0.1, 0.15) is 21.7 Å². The average molecular weight is 275 g/mol. The SMILES string of the molecule is NNC(=O)c1sccc1CN1CCCS1(=O)=O. The van der Waals surface area contributed by atoms with Crippen LogP contribution < -0.4 is 11.3 Å². The minimum atomic E-state index is -3.14. The van der Waals surface area contributed by atoms with Crippen LogP contribution in [0.5, 0.6) is 0 Å². The van der Waals surface area contributed by atoms with Crippen LogP contribution in [0.15, 0.2) is 11.4 Å². The normalized spacial score (nSPS) is 19.4. The highest BCUT2D eigenvalue weighted by Gasteiger charge is 2.29. The Hall–Kier alpha value is -0.960. The molecule has 0 aliphatic carbocycles. The fourth-order valence-corrected chi connectivity index (χ4v) is 4.10. The molecule has 0 bridgehead atoms. The Balaban J connectivity index is 2.20. The Morgan fingerprint density at radius 1 is 1.59 bits per heavy atom. The Labute approximate surface area is 103 Å². The Bertz CT molecular complexity index is 523. The number of amides is 1. The smallest absolute Gasteiger partial charge is 0.275 e. The number of nitrogens with one attached hydrogen (secondary N) is 1. The van der Waals surface area contributed by atoms with Crippen LogP contribution in [0.2, 0.25) is 0 Å². The summed E-state index contributed by atoms with van der Waals surface area (Å²) in [5.41, 5.74) is 2.75. The topological polar surface area (TPSA) is 92.5 Å². The largest absolute Gasteiger partial charge is 0.289 e. The van der Waals surface area contributed by atoms with E-state index in [4.69, 9.17) is 5.84 Å². The molecule has 0 radical (unpaired) electrons. The molecule has 1 aliphatic heterocycles. The molecule has 3 N–H and O–H groups in total. The van der Waals surface area contributed by atoms with Gasteiger partial charge < -0.3 is 0 Å². The zero-order valence-corrected chi connectivity index (χ0v) is 10.7. The molecule has 0 atom stereocenters. The monoisotopic (exact) mass is 275 g/mol. The fraction of sp³-hybridized carbons (Fsp3) is 0.444. The maximum absolute atomic E-state index is 11.6. The number of nitrogen functional groups attached to an aromatic ring is 1. The number of nitrogens with zero attached hydrogens (tertiary/aromatic N) is 1. The molecule has 8 heteroatoms. The molecule has 6 nitrogen and oxygen atoms in total. The molecule has 0 unspecified atom stereocenters. The van der Waals surface area contributed by atoms with Crippen molar-refractivity contribution in [1.82, 2.24) is 9.73 Å². The minimum Gasteiger partial charge on any atom is -0.289 e. The van der Waals surface area contributed by atoms with Crippen LogP contribution in [0.25, 0.3) is 0 Å². The van der Waals surface area contributed by atoms with Crippen molar-refractivity contribution in [2.75, 3.05) is 12.3 Å². The molecule has 2 heterocycles. The van der Waals surface area contributed by atoms with Gasteiger partial charge in [-0.25, -0.2) is 14.3 Å². The van der Waals surface area contributed by atoms with Crippen molar-refractivity contribution < 1.29 is 13.2 Å². The van der Waals surface area contributed by atoms with E-state index in [1.165, 1.54) is 15.6 Å². The quantitative estimate of drug-likeness (QED) is 0.457. The van der Waals surface area contributed by atoms with Crippen LogP contribution in [-0.4, -0.2) is 30.9 Å². The van der Waals surface area contributed by atoms with E-state index in [0.29, 0.717) is 23.4 Å². The lowest BCUT2D eigenvalue weighted by Crippen LogP contribution is -2.31. The van der Waals surface area contributed by atoms with E-state index < -0.39 is 10.0 Å². The number of sulfonamides is 1. The highest BCUT2D eigenvalue weighted by molar-refractivity contribution is 7.89. The van der Waals surface area contributed by atoms with Gasteiger partial charge in [-0.2, -0.15) is 4.31 Å². The molecule has 0 spiro atoms. The number of rotatable bonds is 3. The molecule has 94 valence electrons. The molecule has 0 saturated carbocycles. The number of hydrogen-bond donors (Lipinski definition) is 2. The number of carbonyl (C=O) groups is 1. The van der Waals surface area contributed by atoms with Gasteiger partial charge in [0.05, 0.1) is 10.6 Å². The summed E-state index contributed by atoms with van der Waals surface area (Å²) in [5, 5.41) is 1.75. The van der Waals surface area contributed by atoms with Crippen molar-refractivity contribution in [2.45, 2.75) is 13.0 Å². The second-order valence-electron chi connectivity index (χ2n) is 3.75. The molecule has 1 saturated heterocycles. The molecule has 1 aliphatic rings. The van der Waals surface area contributed by atoms with Gasteiger partial charge in [0, 0.05) is 13.1 Å². The third-order valence-corrected chi connectivity index (χ3v) is 5.49. The molecule has 17 heavy (non-hydrogen) atoms. The van der Waals surface area contributed by atoms with Crippen molar-refractivity contribution in [1.29, 1.82) is 0 Å². The number of thiophene rings is 1. The van der Waals surface area contributed by atoms with E-state index in [1.807, 2.05) is 0 Å². The van der Waals surface area contributed by atoms with Gasteiger partial charge in [-0.05, 0) is 23.4 Å². The molecule has 1 aromatic rings. The van der Waals surface area contributed by atoms with Crippen LogP contribution >= 0.6 is 11.3 Å². The molecule has 1 fully saturated rings. The summed E-state index contributed by atoms with van der Waals surface area (Å²) >= 11 is 1.25. The third kappa shape index (κ3) is 2.49. The molecular formula is C9H13N3O3S2. The number of hydrogen-bond acceptors (Lipinski definition) is 5. The van der Waals surface area contributed by atoms with E-state index in [0.717, 1.165) is 0 Å². The van der Waals surface area contributed by atoms with E-state index in [-0.39, 0.29) is 18.2 Å². The fourth-order valence-electron chi connectivity index (χ4n) is 1.78. The standard InChI is InChI=1S/C9H13N3O3S2/c10-11-9(13)8-7(2-4-16-8)6-12-3-1-5-17(12,14)15/h2,4H,1,3,5-6,10H2,(H,11,13). The zero-order chi connectivity index (χ0) is 12.5. The summed E-state index contributed by atoms with van der Waals surface area (Å²) in [4.78, 5) is 11.9. The highest BCUT2D eigenvalue weighted by atomic mass is 32.2. The summed E-state index contributed by atoms with van der Waals surface area (Å²) in [6, 6.07) is 1.75. The van der Waals surface area contributed by atoms with Crippen molar-refractivity contribution in [2.24, 2.45) is 5.84 Å². The maximum atomic E-state index is 11.6.